The molecular weight excluding hydrogens is 438 g/mol. The van der Waals surface area contributed by atoms with Gasteiger partial charge < -0.3 is 19.7 Å². The summed E-state index contributed by atoms with van der Waals surface area (Å²) in [5.41, 5.74) is 1.50. The predicted octanol–water partition coefficient (Wildman–Crippen LogP) is 3.70. The number of anilines is 1. The Morgan fingerprint density at radius 1 is 1.13 bits per heavy atom. The van der Waals surface area contributed by atoms with Crippen molar-refractivity contribution in [2.75, 3.05) is 26.1 Å². The highest BCUT2D eigenvalue weighted by atomic mass is 35.5. The summed E-state index contributed by atoms with van der Waals surface area (Å²) >= 11 is 11.4. The van der Waals surface area contributed by atoms with Crippen LogP contribution >= 0.6 is 23.8 Å². The first-order valence-corrected chi connectivity index (χ1v) is 10.5. The minimum atomic E-state index is -0.687. The van der Waals surface area contributed by atoms with Crippen molar-refractivity contribution in [3.05, 3.63) is 53.1 Å². The number of nitrogens with one attached hydrogen (secondary N) is 1. The average molecular weight is 462 g/mol. The second-order valence-electron chi connectivity index (χ2n) is 6.96. The van der Waals surface area contributed by atoms with E-state index < -0.39 is 6.04 Å². The molecule has 9 heteroatoms. The molecule has 1 atom stereocenters. The van der Waals surface area contributed by atoms with E-state index in [1.807, 2.05) is 19.1 Å². The van der Waals surface area contributed by atoms with E-state index in [2.05, 4.69) is 5.32 Å². The number of thiocarbonyl (C=S) groups is 1. The third-order valence-corrected chi connectivity index (χ3v) is 5.73. The van der Waals surface area contributed by atoms with Crippen LogP contribution < -0.4 is 14.8 Å². The summed E-state index contributed by atoms with van der Waals surface area (Å²) in [6.45, 7) is 2.66. The molecule has 1 aliphatic heterocycles. The number of carbonyl (C=O) groups is 2. The lowest BCUT2D eigenvalue weighted by molar-refractivity contribution is -0.130. The molecule has 0 aromatic heterocycles. The van der Waals surface area contributed by atoms with Gasteiger partial charge in [0.05, 0.1) is 20.6 Å². The lowest BCUT2D eigenvalue weighted by Gasteiger charge is -2.24. The molecule has 1 aliphatic rings. The van der Waals surface area contributed by atoms with E-state index in [1.165, 1.54) is 4.90 Å². The fraction of sp³-hybridized carbons (Fsp3) is 0.318. The highest BCUT2D eigenvalue weighted by Gasteiger charge is 2.42. The Balaban J connectivity index is 1.79. The topological polar surface area (TPSA) is 71.1 Å². The molecule has 31 heavy (non-hydrogen) atoms. The molecule has 0 aliphatic carbocycles. The van der Waals surface area contributed by atoms with Crippen molar-refractivity contribution >= 4 is 46.4 Å². The molecule has 1 N–H and O–H groups in total. The number of halogens is 1. The van der Waals surface area contributed by atoms with Crippen LogP contribution in [0.2, 0.25) is 5.02 Å². The highest BCUT2D eigenvalue weighted by Crippen LogP contribution is 2.30. The maximum atomic E-state index is 13.0. The maximum Gasteiger partial charge on any atom is 0.252 e. The van der Waals surface area contributed by atoms with Gasteiger partial charge in [0.2, 0.25) is 5.91 Å². The molecule has 2 amide bonds. The first kappa shape index (κ1) is 22.8. The minimum absolute atomic E-state index is 0.0224. The van der Waals surface area contributed by atoms with Crippen LogP contribution in [0.5, 0.6) is 11.5 Å². The Morgan fingerprint density at radius 2 is 1.81 bits per heavy atom. The van der Waals surface area contributed by atoms with Crippen LogP contribution in [0, 0.1) is 0 Å². The Kier molecular flexibility index (Phi) is 7.35. The van der Waals surface area contributed by atoms with Crippen LogP contribution in [0.4, 0.5) is 5.69 Å². The van der Waals surface area contributed by atoms with Gasteiger partial charge in [-0.05, 0) is 61.1 Å². The first-order valence-electron chi connectivity index (χ1n) is 9.76. The third kappa shape index (κ3) is 5.08. The molecule has 7 nitrogen and oxygen atoms in total. The molecule has 2 aromatic carbocycles. The molecule has 1 heterocycles. The molecule has 1 fully saturated rings. The molecule has 0 unspecified atom stereocenters. The van der Waals surface area contributed by atoms with Gasteiger partial charge in [0, 0.05) is 23.8 Å². The highest BCUT2D eigenvalue weighted by molar-refractivity contribution is 7.80. The molecular formula is C22H24ClN3O4S. The van der Waals surface area contributed by atoms with Gasteiger partial charge in [0.1, 0.15) is 6.04 Å². The van der Waals surface area contributed by atoms with Crippen LogP contribution in [0.3, 0.4) is 0 Å². The van der Waals surface area contributed by atoms with Crippen LogP contribution in [-0.4, -0.2) is 53.5 Å². The third-order valence-electron chi connectivity index (χ3n) is 5.03. The number of likely N-dealkylation sites (N-methyl/N-ethyl adjacent to an activating group) is 1. The van der Waals surface area contributed by atoms with E-state index >= 15 is 0 Å². The summed E-state index contributed by atoms with van der Waals surface area (Å²) in [7, 11) is 3.13. The van der Waals surface area contributed by atoms with Crippen molar-refractivity contribution < 1.29 is 19.1 Å². The van der Waals surface area contributed by atoms with Gasteiger partial charge in [-0.2, -0.15) is 0 Å². The zero-order valence-corrected chi connectivity index (χ0v) is 19.1. The second kappa shape index (κ2) is 9.98. The fourth-order valence-electron chi connectivity index (χ4n) is 3.46. The summed E-state index contributed by atoms with van der Waals surface area (Å²) in [6, 6.07) is 11.6. The van der Waals surface area contributed by atoms with Gasteiger partial charge in [-0.25, -0.2) is 0 Å². The van der Waals surface area contributed by atoms with Crippen molar-refractivity contribution in [1.82, 2.24) is 9.80 Å². The van der Waals surface area contributed by atoms with Crippen molar-refractivity contribution in [3.63, 3.8) is 0 Å². The number of hydrogen-bond acceptors (Lipinski definition) is 5. The normalized spacial score (nSPS) is 15.9. The number of ether oxygens (including phenoxy) is 2. The number of rotatable bonds is 8. The van der Waals surface area contributed by atoms with Gasteiger partial charge >= 0.3 is 0 Å². The number of hydrogen-bond donors (Lipinski definition) is 1. The zero-order valence-electron chi connectivity index (χ0n) is 17.6. The molecule has 0 radical (unpaired) electrons. The maximum absolute atomic E-state index is 13.0. The predicted molar refractivity (Wildman–Crippen MR) is 124 cm³/mol. The zero-order chi connectivity index (χ0) is 22.5. The van der Waals surface area contributed by atoms with Crippen molar-refractivity contribution in [3.8, 4) is 11.5 Å². The van der Waals surface area contributed by atoms with E-state index in [1.54, 1.807) is 49.5 Å². The summed E-state index contributed by atoms with van der Waals surface area (Å²) < 4.78 is 10.7. The Hall–Kier alpha value is -2.84. The molecule has 3 rings (SSSR count). The molecule has 0 bridgehead atoms. The lowest BCUT2D eigenvalue weighted by atomic mass is 10.1. The number of benzene rings is 2. The fourth-order valence-corrected chi connectivity index (χ4v) is 4.00. The number of carbonyl (C=O) groups excluding carboxylic acids is 2. The Labute approximate surface area is 191 Å². The van der Waals surface area contributed by atoms with Gasteiger partial charge in [-0.3, -0.25) is 14.5 Å². The Bertz CT molecular complexity index is 983. The molecule has 0 spiro atoms. The number of methoxy groups -OCH3 is 2. The van der Waals surface area contributed by atoms with E-state index in [9.17, 15) is 9.59 Å². The van der Waals surface area contributed by atoms with Crippen LogP contribution in [0.15, 0.2) is 42.5 Å². The summed E-state index contributed by atoms with van der Waals surface area (Å²) in [6.07, 6.45) is -0.0224. The summed E-state index contributed by atoms with van der Waals surface area (Å²) in [5, 5.41) is 3.79. The molecule has 1 saturated heterocycles. The minimum Gasteiger partial charge on any atom is -0.493 e. The summed E-state index contributed by atoms with van der Waals surface area (Å²) in [5.74, 6) is 0.735. The lowest BCUT2D eigenvalue weighted by Crippen LogP contribution is -2.37. The van der Waals surface area contributed by atoms with Crippen LogP contribution in [0.25, 0.3) is 0 Å². The first-order chi connectivity index (χ1) is 14.9. The van der Waals surface area contributed by atoms with E-state index in [0.717, 1.165) is 5.56 Å². The number of amides is 2. The molecule has 0 saturated carbocycles. The van der Waals surface area contributed by atoms with E-state index in [0.29, 0.717) is 40.4 Å². The average Bonchev–Trinajstić information content (AvgIpc) is 2.98. The van der Waals surface area contributed by atoms with E-state index in [4.69, 9.17) is 33.3 Å². The van der Waals surface area contributed by atoms with Crippen LogP contribution in [-0.2, 0) is 16.1 Å². The molecule has 2 aromatic rings. The van der Waals surface area contributed by atoms with Crippen molar-refractivity contribution in [2.24, 2.45) is 0 Å². The van der Waals surface area contributed by atoms with Crippen molar-refractivity contribution in [1.29, 1.82) is 0 Å². The van der Waals surface area contributed by atoms with Gasteiger partial charge in [0.15, 0.2) is 16.6 Å². The van der Waals surface area contributed by atoms with Crippen LogP contribution in [0.1, 0.15) is 18.9 Å². The standard InChI is InChI=1S/C22H24ClN3O4S/c1-4-25-21(28)17(12-20(27)24-16-8-6-15(23)7-9-16)26(22(25)31)13-14-5-10-18(29-2)19(11-14)30-3/h5-11,17H,4,12-13H2,1-3H3,(H,24,27)/t17-/m0/s1. The number of nitrogens with zero attached hydrogens (tertiary/aromatic N) is 2. The van der Waals surface area contributed by atoms with Gasteiger partial charge in [0.25, 0.3) is 5.91 Å². The monoisotopic (exact) mass is 461 g/mol. The molecule has 164 valence electrons. The Morgan fingerprint density at radius 3 is 2.42 bits per heavy atom. The summed E-state index contributed by atoms with van der Waals surface area (Å²) in [4.78, 5) is 28.9. The van der Waals surface area contributed by atoms with Gasteiger partial charge in [-0.15, -0.1) is 0 Å². The van der Waals surface area contributed by atoms with E-state index in [-0.39, 0.29) is 18.2 Å². The quantitative estimate of drug-likeness (QED) is 0.604. The second-order valence-corrected chi connectivity index (χ2v) is 7.76. The SMILES string of the molecule is CCN1C(=O)[C@H](CC(=O)Nc2ccc(Cl)cc2)N(Cc2ccc(OC)c(OC)c2)C1=S. The van der Waals surface area contributed by atoms with Crippen molar-refractivity contribution in [2.45, 2.75) is 25.9 Å². The van der Waals surface area contributed by atoms with Gasteiger partial charge in [-0.1, -0.05) is 17.7 Å². The largest absolute Gasteiger partial charge is 0.493 e. The smallest absolute Gasteiger partial charge is 0.252 e.